The average molecular weight is 492 g/mol. The third-order valence-electron chi connectivity index (χ3n) is 4.64. The fourth-order valence-corrected chi connectivity index (χ4v) is 3.40. The Labute approximate surface area is 186 Å². The van der Waals surface area contributed by atoms with Gasteiger partial charge in [-0.15, -0.1) is 0 Å². The number of aromatic nitrogens is 2. The number of halogens is 3. The lowest BCUT2D eigenvalue weighted by Crippen LogP contribution is -2.22. The van der Waals surface area contributed by atoms with Crippen LogP contribution in [0.15, 0.2) is 45.8 Å². The van der Waals surface area contributed by atoms with Gasteiger partial charge in [-0.25, -0.2) is 8.78 Å². The van der Waals surface area contributed by atoms with Gasteiger partial charge in [0.05, 0.1) is 0 Å². The SMILES string of the molecule is Cc1[nH]c(=O)c(Br)c(OCc2ccc(F)cc2F)c1Cc1ccc(C(=O)N(C)C)nc1. The number of benzene rings is 1. The fourth-order valence-electron chi connectivity index (χ4n) is 2.95. The topological polar surface area (TPSA) is 75.3 Å². The minimum absolute atomic E-state index is 0.158. The number of aryl methyl sites for hydroxylation is 1. The van der Waals surface area contributed by atoms with Crippen LogP contribution in [-0.2, 0) is 13.0 Å². The Morgan fingerprint density at radius 1 is 1.23 bits per heavy atom. The van der Waals surface area contributed by atoms with E-state index in [0.717, 1.165) is 17.7 Å². The van der Waals surface area contributed by atoms with Gasteiger partial charge in [0.2, 0.25) is 0 Å². The zero-order chi connectivity index (χ0) is 22.7. The van der Waals surface area contributed by atoms with Crippen molar-refractivity contribution >= 4 is 21.8 Å². The van der Waals surface area contributed by atoms with Crippen molar-refractivity contribution in [1.29, 1.82) is 0 Å². The maximum absolute atomic E-state index is 14.0. The van der Waals surface area contributed by atoms with Crippen molar-refractivity contribution in [3.8, 4) is 5.75 Å². The number of pyridine rings is 2. The summed E-state index contributed by atoms with van der Waals surface area (Å²) in [7, 11) is 3.29. The lowest BCUT2D eigenvalue weighted by atomic mass is 10.0. The highest BCUT2D eigenvalue weighted by Crippen LogP contribution is 2.30. The summed E-state index contributed by atoms with van der Waals surface area (Å²) in [6.07, 6.45) is 1.94. The summed E-state index contributed by atoms with van der Waals surface area (Å²) in [4.78, 5) is 32.6. The van der Waals surface area contributed by atoms with E-state index in [9.17, 15) is 18.4 Å². The number of H-pyrrole nitrogens is 1. The van der Waals surface area contributed by atoms with E-state index < -0.39 is 11.6 Å². The highest BCUT2D eigenvalue weighted by atomic mass is 79.9. The molecule has 0 spiro atoms. The monoisotopic (exact) mass is 491 g/mol. The lowest BCUT2D eigenvalue weighted by Gasteiger charge is -2.16. The zero-order valence-electron chi connectivity index (χ0n) is 17.1. The van der Waals surface area contributed by atoms with Gasteiger partial charge in [-0.3, -0.25) is 14.6 Å². The number of hydrogen-bond donors (Lipinski definition) is 1. The molecule has 0 aliphatic carbocycles. The van der Waals surface area contributed by atoms with Crippen LogP contribution in [0.25, 0.3) is 0 Å². The van der Waals surface area contributed by atoms with E-state index in [1.54, 1.807) is 39.3 Å². The summed E-state index contributed by atoms with van der Waals surface area (Å²) in [6.45, 7) is 1.54. The smallest absolute Gasteiger partial charge is 0.271 e. The van der Waals surface area contributed by atoms with E-state index in [1.165, 1.54) is 11.0 Å². The van der Waals surface area contributed by atoms with E-state index in [-0.39, 0.29) is 33.9 Å². The van der Waals surface area contributed by atoms with Crippen molar-refractivity contribution in [2.45, 2.75) is 20.0 Å². The van der Waals surface area contributed by atoms with Crippen LogP contribution in [0.4, 0.5) is 8.78 Å². The maximum atomic E-state index is 14.0. The predicted molar refractivity (Wildman–Crippen MR) is 115 cm³/mol. The van der Waals surface area contributed by atoms with Crippen molar-refractivity contribution in [1.82, 2.24) is 14.9 Å². The van der Waals surface area contributed by atoms with E-state index in [2.05, 4.69) is 25.9 Å². The van der Waals surface area contributed by atoms with E-state index in [4.69, 9.17) is 4.74 Å². The maximum Gasteiger partial charge on any atom is 0.271 e. The number of amides is 1. The second-order valence-corrected chi connectivity index (χ2v) is 7.95. The number of nitrogens with one attached hydrogen (secondary N) is 1. The van der Waals surface area contributed by atoms with Gasteiger partial charge in [-0.1, -0.05) is 6.07 Å². The lowest BCUT2D eigenvalue weighted by molar-refractivity contribution is 0.0822. The Hall–Kier alpha value is -3.07. The number of carbonyl (C=O) groups is 1. The molecule has 2 heterocycles. The molecule has 6 nitrogen and oxygen atoms in total. The Balaban J connectivity index is 1.90. The first-order valence-corrected chi connectivity index (χ1v) is 10.1. The summed E-state index contributed by atoms with van der Waals surface area (Å²) >= 11 is 3.24. The number of nitrogens with zero attached hydrogens (tertiary/aromatic N) is 2. The third kappa shape index (κ3) is 5.16. The zero-order valence-corrected chi connectivity index (χ0v) is 18.7. The molecule has 0 bridgehead atoms. The van der Waals surface area contributed by atoms with Crippen LogP contribution in [0, 0.1) is 18.6 Å². The summed E-state index contributed by atoms with van der Waals surface area (Å²) < 4.78 is 33.1. The normalized spacial score (nSPS) is 10.8. The quantitative estimate of drug-likeness (QED) is 0.565. The van der Waals surface area contributed by atoms with Crippen molar-refractivity contribution in [2.24, 2.45) is 0 Å². The average Bonchev–Trinajstić information content (AvgIpc) is 2.72. The largest absolute Gasteiger partial charge is 0.487 e. The van der Waals surface area contributed by atoms with Gasteiger partial charge in [-0.05, 0) is 46.6 Å². The number of aromatic amines is 1. The van der Waals surface area contributed by atoms with Crippen LogP contribution in [0.2, 0.25) is 0 Å². The van der Waals surface area contributed by atoms with Gasteiger partial charge in [-0.2, -0.15) is 0 Å². The molecule has 3 aromatic rings. The third-order valence-corrected chi connectivity index (χ3v) is 5.36. The van der Waals surface area contributed by atoms with Crippen molar-refractivity contribution in [2.75, 3.05) is 14.1 Å². The predicted octanol–water partition coefficient (Wildman–Crippen LogP) is 3.99. The van der Waals surface area contributed by atoms with Crippen molar-refractivity contribution < 1.29 is 18.3 Å². The van der Waals surface area contributed by atoms with Gasteiger partial charge in [0, 0.05) is 49.6 Å². The highest BCUT2D eigenvalue weighted by Gasteiger charge is 2.18. The van der Waals surface area contributed by atoms with Crippen LogP contribution in [-0.4, -0.2) is 34.9 Å². The molecule has 31 heavy (non-hydrogen) atoms. The summed E-state index contributed by atoms with van der Waals surface area (Å²) in [6, 6.07) is 6.61. The molecule has 1 N–H and O–H groups in total. The summed E-state index contributed by atoms with van der Waals surface area (Å²) in [5.74, 6) is -1.36. The van der Waals surface area contributed by atoms with Gasteiger partial charge < -0.3 is 14.6 Å². The first kappa shape index (κ1) is 22.6. The molecule has 162 valence electrons. The summed E-state index contributed by atoms with van der Waals surface area (Å²) in [5, 5.41) is 0. The van der Waals surface area contributed by atoms with E-state index >= 15 is 0 Å². The molecule has 0 saturated carbocycles. The van der Waals surface area contributed by atoms with Gasteiger partial charge in [0.15, 0.2) is 0 Å². The Morgan fingerprint density at radius 3 is 2.58 bits per heavy atom. The van der Waals surface area contributed by atoms with E-state index in [0.29, 0.717) is 23.4 Å². The molecule has 0 atom stereocenters. The van der Waals surface area contributed by atoms with Gasteiger partial charge >= 0.3 is 0 Å². The molecule has 0 fully saturated rings. The standard InChI is InChI=1S/C22H20BrF2N3O3/c1-12-16(8-13-4-7-18(26-10-13)22(30)28(2)3)20(19(23)21(29)27-12)31-11-14-5-6-15(24)9-17(14)25/h4-7,9-10H,8,11H2,1-3H3,(H,27,29). The molecule has 1 amide bonds. The molecular formula is C22H20BrF2N3O3. The van der Waals surface area contributed by atoms with Crippen LogP contribution < -0.4 is 10.3 Å². The number of carbonyl (C=O) groups excluding carboxylic acids is 1. The first-order chi connectivity index (χ1) is 14.7. The molecule has 9 heteroatoms. The molecule has 0 saturated heterocycles. The fraction of sp³-hybridized carbons (Fsp3) is 0.227. The Morgan fingerprint density at radius 2 is 1.97 bits per heavy atom. The minimum Gasteiger partial charge on any atom is -0.487 e. The van der Waals surface area contributed by atoms with Crippen molar-refractivity contribution in [3.63, 3.8) is 0 Å². The molecular weight excluding hydrogens is 472 g/mol. The first-order valence-electron chi connectivity index (χ1n) is 9.32. The second-order valence-electron chi connectivity index (χ2n) is 7.15. The number of ether oxygens (including phenoxy) is 1. The number of hydrogen-bond acceptors (Lipinski definition) is 4. The molecule has 1 aromatic carbocycles. The summed E-state index contributed by atoms with van der Waals surface area (Å²) in [5.41, 5.74) is 2.12. The highest BCUT2D eigenvalue weighted by molar-refractivity contribution is 9.10. The minimum atomic E-state index is -0.732. The van der Waals surface area contributed by atoms with Gasteiger partial charge in [0.25, 0.3) is 11.5 Å². The molecule has 0 unspecified atom stereocenters. The van der Waals surface area contributed by atoms with Crippen molar-refractivity contribution in [3.05, 3.63) is 91.1 Å². The molecule has 0 radical (unpaired) electrons. The van der Waals surface area contributed by atoms with Crippen LogP contribution >= 0.6 is 15.9 Å². The molecule has 2 aromatic heterocycles. The molecule has 3 rings (SSSR count). The molecule has 0 aliphatic rings. The number of rotatable bonds is 6. The van der Waals surface area contributed by atoms with E-state index in [1.807, 2.05) is 0 Å². The second kappa shape index (κ2) is 9.38. The van der Waals surface area contributed by atoms with Crippen LogP contribution in [0.3, 0.4) is 0 Å². The van der Waals surface area contributed by atoms with Gasteiger partial charge in [0.1, 0.15) is 34.2 Å². The van der Waals surface area contributed by atoms with Crippen LogP contribution in [0.5, 0.6) is 5.75 Å². The van der Waals surface area contributed by atoms with Crippen LogP contribution in [0.1, 0.15) is 32.9 Å². The Kier molecular flexibility index (Phi) is 6.84. The Bertz CT molecular complexity index is 1180. The molecule has 0 aliphatic heterocycles.